The molecule has 0 bridgehead atoms. The second-order valence-corrected chi connectivity index (χ2v) is 4.36. The van der Waals surface area contributed by atoms with Crippen molar-refractivity contribution < 1.29 is 9.53 Å². The second-order valence-electron chi connectivity index (χ2n) is 3.92. The van der Waals surface area contributed by atoms with Gasteiger partial charge in [0.2, 0.25) is 0 Å². The molecule has 0 unspecified atom stereocenters. The molecular formula is C15H14ClNO2. The van der Waals surface area contributed by atoms with E-state index in [1.165, 1.54) is 0 Å². The molecule has 2 aromatic rings. The standard InChI is InChI=1S/C15H14ClNO2/c1-2-19-14-5-3-4-13(10-14)17-15(18)11-6-8-12(16)9-7-11/h3-10H,2H2,1H3,(H,17,18). The number of halogens is 1. The molecule has 1 N–H and O–H groups in total. The number of hydrogen-bond donors (Lipinski definition) is 1. The van der Waals surface area contributed by atoms with Crippen molar-refractivity contribution in [2.24, 2.45) is 0 Å². The van der Waals surface area contributed by atoms with Crippen LogP contribution in [-0.4, -0.2) is 12.5 Å². The van der Waals surface area contributed by atoms with Crippen LogP contribution in [-0.2, 0) is 0 Å². The Morgan fingerprint density at radius 1 is 1.21 bits per heavy atom. The van der Waals surface area contributed by atoms with Crippen LogP contribution in [0.3, 0.4) is 0 Å². The number of ether oxygens (including phenoxy) is 1. The van der Waals surface area contributed by atoms with Crippen LogP contribution in [0.2, 0.25) is 5.02 Å². The molecule has 0 heterocycles. The van der Waals surface area contributed by atoms with Crippen LogP contribution < -0.4 is 10.1 Å². The van der Waals surface area contributed by atoms with Crippen LogP contribution in [0.1, 0.15) is 17.3 Å². The lowest BCUT2D eigenvalue weighted by Gasteiger charge is -2.08. The molecule has 0 aliphatic rings. The highest BCUT2D eigenvalue weighted by Crippen LogP contribution is 2.18. The summed E-state index contributed by atoms with van der Waals surface area (Å²) in [6.45, 7) is 2.51. The van der Waals surface area contributed by atoms with Crippen molar-refractivity contribution in [2.45, 2.75) is 6.92 Å². The molecule has 0 saturated heterocycles. The Morgan fingerprint density at radius 2 is 1.95 bits per heavy atom. The molecule has 0 saturated carbocycles. The quantitative estimate of drug-likeness (QED) is 0.916. The highest BCUT2D eigenvalue weighted by molar-refractivity contribution is 6.30. The first-order chi connectivity index (χ1) is 9.19. The first-order valence-electron chi connectivity index (χ1n) is 5.99. The van der Waals surface area contributed by atoms with Crippen molar-refractivity contribution >= 4 is 23.2 Å². The summed E-state index contributed by atoms with van der Waals surface area (Å²) in [6, 6.07) is 14.0. The molecule has 0 atom stereocenters. The lowest BCUT2D eigenvalue weighted by molar-refractivity contribution is 0.102. The van der Waals surface area contributed by atoms with Gasteiger partial charge < -0.3 is 10.1 Å². The SMILES string of the molecule is CCOc1cccc(NC(=O)c2ccc(Cl)cc2)c1. The average Bonchev–Trinajstić information content (AvgIpc) is 2.40. The van der Waals surface area contributed by atoms with Gasteiger partial charge in [0.1, 0.15) is 5.75 Å². The molecule has 3 nitrogen and oxygen atoms in total. The van der Waals surface area contributed by atoms with Gasteiger partial charge in [-0.05, 0) is 43.3 Å². The number of nitrogens with one attached hydrogen (secondary N) is 1. The van der Waals surface area contributed by atoms with Crippen LogP contribution in [0.15, 0.2) is 48.5 Å². The van der Waals surface area contributed by atoms with Gasteiger partial charge in [-0.25, -0.2) is 0 Å². The summed E-state index contributed by atoms with van der Waals surface area (Å²) in [5.74, 6) is 0.557. The summed E-state index contributed by atoms with van der Waals surface area (Å²) in [5, 5.41) is 3.42. The third-order valence-electron chi connectivity index (χ3n) is 2.51. The first-order valence-corrected chi connectivity index (χ1v) is 6.36. The van der Waals surface area contributed by atoms with Gasteiger partial charge in [0.15, 0.2) is 0 Å². The molecular weight excluding hydrogens is 262 g/mol. The highest BCUT2D eigenvalue weighted by atomic mass is 35.5. The smallest absolute Gasteiger partial charge is 0.255 e. The maximum Gasteiger partial charge on any atom is 0.255 e. The lowest BCUT2D eigenvalue weighted by Crippen LogP contribution is -2.11. The number of rotatable bonds is 4. The third-order valence-corrected chi connectivity index (χ3v) is 2.76. The second kappa shape index (κ2) is 6.25. The van der Waals surface area contributed by atoms with Gasteiger partial charge >= 0.3 is 0 Å². The molecule has 0 aliphatic carbocycles. The van der Waals surface area contributed by atoms with Crippen molar-refractivity contribution in [3.05, 3.63) is 59.1 Å². The average molecular weight is 276 g/mol. The van der Waals surface area contributed by atoms with Gasteiger partial charge in [-0.3, -0.25) is 4.79 Å². The van der Waals surface area contributed by atoms with Gasteiger partial charge in [-0.1, -0.05) is 17.7 Å². The van der Waals surface area contributed by atoms with Crippen molar-refractivity contribution in [3.8, 4) is 5.75 Å². The van der Waals surface area contributed by atoms with Crippen molar-refractivity contribution in [1.82, 2.24) is 0 Å². The maximum absolute atomic E-state index is 12.0. The fourth-order valence-electron chi connectivity index (χ4n) is 1.63. The third kappa shape index (κ3) is 3.73. The van der Waals surface area contributed by atoms with Crippen LogP contribution in [0, 0.1) is 0 Å². The molecule has 19 heavy (non-hydrogen) atoms. The molecule has 0 aromatic heterocycles. The summed E-state index contributed by atoms with van der Waals surface area (Å²) < 4.78 is 5.38. The number of benzene rings is 2. The number of anilines is 1. The Kier molecular flexibility index (Phi) is 4.42. The minimum absolute atomic E-state index is 0.176. The largest absolute Gasteiger partial charge is 0.494 e. The number of amides is 1. The summed E-state index contributed by atoms with van der Waals surface area (Å²) in [7, 11) is 0. The van der Waals surface area contributed by atoms with E-state index in [1.54, 1.807) is 30.3 Å². The Bertz CT molecular complexity index is 567. The molecule has 0 radical (unpaired) electrons. The molecule has 0 fully saturated rings. The molecule has 0 aliphatic heterocycles. The fraction of sp³-hybridized carbons (Fsp3) is 0.133. The van der Waals surface area contributed by atoms with E-state index in [0.29, 0.717) is 22.9 Å². The van der Waals surface area contributed by atoms with E-state index in [0.717, 1.165) is 5.75 Å². The Morgan fingerprint density at radius 3 is 2.63 bits per heavy atom. The topological polar surface area (TPSA) is 38.3 Å². The molecule has 0 spiro atoms. The molecule has 1 amide bonds. The van der Waals surface area contributed by atoms with Crippen LogP contribution in [0.25, 0.3) is 0 Å². The first kappa shape index (κ1) is 13.4. The van der Waals surface area contributed by atoms with Crippen LogP contribution in [0.5, 0.6) is 5.75 Å². The maximum atomic E-state index is 12.0. The summed E-state index contributed by atoms with van der Waals surface area (Å²) in [5.41, 5.74) is 1.26. The van der Waals surface area contributed by atoms with Crippen molar-refractivity contribution in [3.63, 3.8) is 0 Å². The summed E-state index contributed by atoms with van der Waals surface area (Å²) >= 11 is 5.78. The predicted molar refractivity (Wildman–Crippen MR) is 77.0 cm³/mol. The number of carbonyl (C=O) groups is 1. The number of hydrogen-bond acceptors (Lipinski definition) is 2. The van der Waals surface area contributed by atoms with Gasteiger partial charge in [-0.15, -0.1) is 0 Å². The van der Waals surface area contributed by atoms with E-state index >= 15 is 0 Å². The number of carbonyl (C=O) groups excluding carboxylic acids is 1. The molecule has 2 aromatic carbocycles. The van der Waals surface area contributed by atoms with Crippen molar-refractivity contribution in [2.75, 3.05) is 11.9 Å². The zero-order chi connectivity index (χ0) is 13.7. The summed E-state index contributed by atoms with van der Waals surface area (Å²) in [4.78, 5) is 12.0. The minimum atomic E-state index is -0.176. The van der Waals surface area contributed by atoms with Crippen molar-refractivity contribution in [1.29, 1.82) is 0 Å². The van der Waals surface area contributed by atoms with Gasteiger partial charge in [0.05, 0.1) is 6.61 Å². The van der Waals surface area contributed by atoms with Gasteiger partial charge in [0, 0.05) is 22.3 Å². The normalized spacial score (nSPS) is 10.0. The molecule has 4 heteroatoms. The van der Waals surface area contributed by atoms with E-state index in [-0.39, 0.29) is 5.91 Å². The van der Waals surface area contributed by atoms with Gasteiger partial charge in [0.25, 0.3) is 5.91 Å². The van der Waals surface area contributed by atoms with E-state index in [4.69, 9.17) is 16.3 Å². The van der Waals surface area contributed by atoms with Gasteiger partial charge in [-0.2, -0.15) is 0 Å². The van der Waals surface area contributed by atoms with E-state index in [2.05, 4.69) is 5.32 Å². The van der Waals surface area contributed by atoms with E-state index < -0.39 is 0 Å². The minimum Gasteiger partial charge on any atom is -0.494 e. The summed E-state index contributed by atoms with van der Waals surface area (Å²) in [6.07, 6.45) is 0. The van der Waals surface area contributed by atoms with E-state index in [9.17, 15) is 4.79 Å². The molecule has 2 rings (SSSR count). The highest BCUT2D eigenvalue weighted by Gasteiger charge is 2.06. The Labute approximate surface area is 117 Å². The van der Waals surface area contributed by atoms with E-state index in [1.807, 2.05) is 25.1 Å². The monoisotopic (exact) mass is 275 g/mol. The lowest BCUT2D eigenvalue weighted by atomic mass is 10.2. The predicted octanol–water partition coefficient (Wildman–Crippen LogP) is 3.99. The Balaban J connectivity index is 2.10. The van der Waals surface area contributed by atoms with Crippen LogP contribution >= 0.6 is 11.6 Å². The fourth-order valence-corrected chi connectivity index (χ4v) is 1.76. The zero-order valence-electron chi connectivity index (χ0n) is 10.5. The van der Waals surface area contributed by atoms with Crippen LogP contribution in [0.4, 0.5) is 5.69 Å². The Hall–Kier alpha value is -2.00. The molecule has 98 valence electrons. The zero-order valence-corrected chi connectivity index (χ0v) is 11.3.